The van der Waals surface area contributed by atoms with E-state index in [9.17, 15) is 13.2 Å². The topological polar surface area (TPSA) is 63.7 Å². The number of benzene rings is 2. The standard InChI is InChI=1S/C18H19NO4S/c1-4-13-19(17-8-6-5-7-16(17)18(20)23-3)24(21,22)15-11-9-14(2)10-12-15/h4-12H,1,13H2,2-3H3. The van der Waals surface area contributed by atoms with Crippen LogP contribution in [-0.2, 0) is 14.8 Å². The number of ether oxygens (including phenoxy) is 1. The third-order valence-corrected chi connectivity index (χ3v) is 5.28. The van der Waals surface area contributed by atoms with Crippen molar-refractivity contribution in [2.45, 2.75) is 11.8 Å². The average Bonchev–Trinajstić information content (AvgIpc) is 2.59. The highest BCUT2D eigenvalue weighted by Crippen LogP contribution is 2.27. The van der Waals surface area contributed by atoms with Crippen molar-refractivity contribution in [1.29, 1.82) is 0 Å². The smallest absolute Gasteiger partial charge is 0.340 e. The van der Waals surface area contributed by atoms with Gasteiger partial charge < -0.3 is 4.74 Å². The quantitative estimate of drug-likeness (QED) is 0.596. The number of anilines is 1. The lowest BCUT2D eigenvalue weighted by Crippen LogP contribution is -2.32. The molecule has 0 spiro atoms. The maximum atomic E-state index is 13.0. The number of hydrogen-bond acceptors (Lipinski definition) is 4. The molecule has 2 rings (SSSR count). The number of para-hydroxylation sites is 1. The molecule has 126 valence electrons. The number of esters is 1. The summed E-state index contributed by atoms with van der Waals surface area (Å²) in [6, 6.07) is 13.0. The highest BCUT2D eigenvalue weighted by molar-refractivity contribution is 7.92. The molecule has 6 heteroatoms. The molecule has 0 saturated carbocycles. The molecule has 0 unspecified atom stereocenters. The first-order chi connectivity index (χ1) is 11.4. The van der Waals surface area contributed by atoms with Crippen molar-refractivity contribution in [3.8, 4) is 0 Å². The molecule has 0 N–H and O–H groups in total. The van der Waals surface area contributed by atoms with Crippen LogP contribution in [0.1, 0.15) is 15.9 Å². The van der Waals surface area contributed by atoms with Crippen molar-refractivity contribution in [3.05, 3.63) is 72.3 Å². The molecule has 0 aliphatic carbocycles. The van der Waals surface area contributed by atoms with Crippen LogP contribution in [0.15, 0.2) is 66.1 Å². The fourth-order valence-corrected chi connectivity index (χ4v) is 3.71. The van der Waals surface area contributed by atoms with E-state index < -0.39 is 16.0 Å². The van der Waals surface area contributed by atoms with Crippen molar-refractivity contribution in [2.75, 3.05) is 18.0 Å². The van der Waals surface area contributed by atoms with Crippen molar-refractivity contribution < 1.29 is 17.9 Å². The summed E-state index contributed by atoms with van der Waals surface area (Å²) < 4.78 is 31.9. The molecule has 24 heavy (non-hydrogen) atoms. The van der Waals surface area contributed by atoms with Crippen LogP contribution in [0.25, 0.3) is 0 Å². The van der Waals surface area contributed by atoms with Crippen molar-refractivity contribution in [3.63, 3.8) is 0 Å². The van der Waals surface area contributed by atoms with Crippen LogP contribution < -0.4 is 4.31 Å². The largest absolute Gasteiger partial charge is 0.465 e. The van der Waals surface area contributed by atoms with Crippen LogP contribution in [0, 0.1) is 6.92 Å². The molecule has 0 bridgehead atoms. The van der Waals surface area contributed by atoms with E-state index in [-0.39, 0.29) is 22.7 Å². The predicted molar refractivity (Wildman–Crippen MR) is 93.7 cm³/mol. The van der Waals surface area contributed by atoms with Gasteiger partial charge in [0.25, 0.3) is 10.0 Å². The molecule has 0 atom stereocenters. The van der Waals surface area contributed by atoms with Gasteiger partial charge in [-0.15, -0.1) is 6.58 Å². The van der Waals surface area contributed by atoms with Gasteiger partial charge >= 0.3 is 5.97 Å². The van der Waals surface area contributed by atoms with Crippen LogP contribution in [-0.4, -0.2) is 28.0 Å². The summed E-state index contributed by atoms with van der Waals surface area (Å²) in [6.07, 6.45) is 1.47. The van der Waals surface area contributed by atoms with Crippen molar-refractivity contribution in [1.82, 2.24) is 0 Å². The number of methoxy groups -OCH3 is 1. The van der Waals surface area contributed by atoms with Gasteiger partial charge in [0.2, 0.25) is 0 Å². The van der Waals surface area contributed by atoms with Gasteiger partial charge in [-0.2, -0.15) is 0 Å². The summed E-state index contributed by atoms with van der Waals surface area (Å²) in [4.78, 5) is 12.1. The molecule has 0 radical (unpaired) electrons. The SMILES string of the molecule is C=CCN(c1ccccc1C(=O)OC)S(=O)(=O)c1ccc(C)cc1. The van der Waals surface area contributed by atoms with Gasteiger partial charge in [0.15, 0.2) is 0 Å². The van der Waals surface area contributed by atoms with Gasteiger partial charge in [-0.1, -0.05) is 35.9 Å². The van der Waals surface area contributed by atoms with Crippen LogP contribution >= 0.6 is 0 Å². The molecule has 0 aromatic heterocycles. The molecule has 0 amide bonds. The minimum atomic E-state index is -3.84. The molecule has 0 saturated heterocycles. The zero-order chi connectivity index (χ0) is 17.7. The number of carbonyl (C=O) groups excluding carboxylic acids is 1. The molecular weight excluding hydrogens is 326 g/mol. The Morgan fingerprint density at radius 1 is 1.17 bits per heavy atom. The summed E-state index contributed by atoms with van der Waals surface area (Å²) in [6.45, 7) is 5.53. The lowest BCUT2D eigenvalue weighted by Gasteiger charge is -2.25. The molecule has 0 heterocycles. The Labute approximate surface area is 142 Å². The zero-order valence-electron chi connectivity index (χ0n) is 13.6. The Kier molecular flexibility index (Phi) is 5.41. The second-order valence-corrected chi connectivity index (χ2v) is 7.01. The Morgan fingerprint density at radius 2 is 1.79 bits per heavy atom. The van der Waals surface area contributed by atoms with E-state index in [2.05, 4.69) is 6.58 Å². The van der Waals surface area contributed by atoms with Gasteiger partial charge in [-0.3, -0.25) is 4.31 Å². The number of aryl methyl sites for hydroxylation is 1. The summed E-state index contributed by atoms with van der Waals surface area (Å²) >= 11 is 0. The highest BCUT2D eigenvalue weighted by atomic mass is 32.2. The van der Waals surface area contributed by atoms with Gasteiger partial charge in [0.05, 0.1) is 29.8 Å². The van der Waals surface area contributed by atoms with Crippen molar-refractivity contribution in [2.24, 2.45) is 0 Å². The van der Waals surface area contributed by atoms with E-state index in [0.717, 1.165) is 9.87 Å². The number of hydrogen-bond donors (Lipinski definition) is 0. The fraction of sp³-hybridized carbons (Fsp3) is 0.167. The van der Waals surface area contributed by atoms with Crippen molar-refractivity contribution >= 4 is 21.7 Å². The third kappa shape index (κ3) is 3.49. The minimum absolute atomic E-state index is 0.0320. The second-order valence-electron chi connectivity index (χ2n) is 5.15. The number of carbonyl (C=O) groups is 1. The van der Waals surface area contributed by atoms with E-state index in [1.165, 1.54) is 19.3 Å². The van der Waals surface area contributed by atoms with E-state index in [0.29, 0.717) is 0 Å². The van der Waals surface area contributed by atoms with Crippen LogP contribution in [0.2, 0.25) is 0 Å². The molecular formula is C18H19NO4S. The van der Waals surface area contributed by atoms with Gasteiger partial charge in [0.1, 0.15) is 0 Å². The van der Waals surface area contributed by atoms with E-state index in [1.807, 2.05) is 6.92 Å². The maximum Gasteiger partial charge on any atom is 0.340 e. The molecule has 0 aliphatic rings. The van der Waals surface area contributed by atoms with Gasteiger partial charge in [-0.25, -0.2) is 13.2 Å². The summed E-state index contributed by atoms with van der Waals surface area (Å²) in [5, 5.41) is 0. The number of nitrogens with zero attached hydrogens (tertiary/aromatic N) is 1. The van der Waals surface area contributed by atoms with Crippen LogP contribution in [0.3, 0.4) is 0 Å². The zero-order valence-corrected chi connectivity index (χ0v) is 14.4. The van der Waals surface area contributed by atoms with Gasteiger partial charge in [0, 0.05) is 0 Å². The molecule has 0 aliphatic heterocycles. The maximum absolute atomic E-state index is 13.0. The summed E-state index contributed by atoms with van der Waals surface area (Å²) in [5.74, 6) is -0.598. The first-order valence-electron chi connectivity index (χ1n) is 7.29. The lowest BCUT2D eigenvalue weighted by atomic mass is 10.2. The van der Waals surface area contributed by atoms with Gasteiger partial charge in [-0.05, 0) is 31.2 Å². The third-order valence-electron chi connectivity index (χ3n) is 3.48. The number of rotatable bonds is 6. The molecule has 2 aromatic rings. The van der Waals surface area contributed by atoms with Crippen LogP contribution in [0.5, 0.6) is 0 Å². The first-order valence-corrected chi connectivity index (χ1v) is 8.73. The minimum Gasteiger partial charge on any atom is -0.465 e. The lowest BCUT2D eigenvalue weighted by molar-refractivity contribution is 0.0601. The Bertz CT molecular complexity index is 842. The average molecular weight is 345 g/mol. The highest BCUT2D eigenvalue weighted by Gasteiger charge is 2.27. The predicted octanol–water partition coefficient (Wildman–Crippen LogP) is 3.16. The molecule has 5 nitrogen and oxygen atoms in total. The Balaban J connectivity index is 2.60. The molecule has 2 aromatic carbocycles. The first kappa shape index (κ1) is 17.7. The van der Waals surface area contributed by atoms with E-state index >= 15 is 0 Å². The second kappa shape index (κ2) is 7.31. The Hall–Kier alpha value is -2.60. The normalized spacial score (nSPS) is 10.9. The Morgan fingerprint density at radius 3 is 2.38 bits per heavy atom. The van der Waals surface area contributed by atoms with Crippen LogP contribution in [0.4, 0.5) is 5.69 Å². The summed E-state index contributed by atoms with van der Waals surface area (Å²) in [7, 11) is -2.59. The molecule has 0 fully saturated rings. The summed E-state index contributed by atoms with van der Waals surface area (Å²) in [5.41, 5.74) is 1.39. The fourth-order valence-electron chi connectivity index (χ4n) is 2.25. The monoisotopic (exact) mass is 345 g/mol. The van der Waals surface area contributed by atoms with E-state index in [1.54, 1.807) is 42.5 Å². The number of sulfonamides is 1. The van der Waals surface area contributed by atoms with E-state index in [4.69, 9.17) is 4.74 Å².